The average molecular weight is 239 g/mol. The van der Waals surface area contributed by atoms with Gasteiger partial charge in [-0.15, -0.1) is 23.2 Å². The monoisotopic (exact) mass is 238 g/mol. The van der Waals surface area contributed by atoms with Gasteiger partial charge in [-0.05, 0) is 19.8 Å². The first-order chi connectivity index (χ1) is 6.47. The van der Waals surface area contributed by atoms with Gasteiger partial charge < -0.3 is 11.1 Å². The number of amides is 1. The van der Waals surface area contributed by atoms with E-state index in [4.69, 9.17) is 28.9 Å². The van der Waals surface area contributed by atoms with Crippen molar-refractivity contribution in [1.82, 2.24) is 5.32 Å². The molecule has 5 heteroatoms. The van der Waals surface area contributed by atoms with Gasteiger partial charge in [-0.25, -0.2) is 0 Å². The van der Waals surface area contributed by atoms with Crippen LogP contribution in [-0.2, 0) is 4.79 Å². The molecule has 1 amide bonds. The molecule has 0 radical (unpaired) electrons. The largest absolute Gasteiger partial charge is 0.353 e. The molecule has 3 nitrogen and oxygen atoms in total. The molecule has 0 aromatic carbocycles. The number of nitrogens with one attached hydrogen (secondary N) is 1. The predicted octanol–water partition coefficient (Wildman–Crippen LogP) is 1.42. The lowest BCUT2D eigenvalue weighted by Gasteiger charge is -2.27. The zero-order valence-corrected chi connectivity index (χ0v) is 9.74. The van der Waals surface area contributed by atoms with Crippen molar-refractivity contribution in [2.75, 3.05) is 6.54 Å². The summed E-state index contributed by atoms with van der Waals surface area (Å²) in [7, 11) is 0. The Morgan fingerprint density at radius 1 is 1.71 bits per heavy atom. The summed E-state index contributed by atoms with van der Waals surface area (Å²) in [5.41, 5.74) is 5.45. The lowest BCUT2D eigenvalue weighted by atomic mass is 9.84. The highest BCUT2D eigenvalue weighted by atomic mass is 35.5. The molecule has 3 N–H and O–H groups in total. The summed E-state index contributed by atoms with van der Waals surface area (Å²) in [6, 6.07) is -0.0494. The SMILES string of the molecule is CC1(C(=O)NCC(Cl)Cl)CCCC1N. The van der Waals surface area contributed by atoms with Crippen LogP contribution < -0.4 is 11.1 Å². The van der Waals surface area contributed by atoms with E-state index in [0.29, 0.717) is 0 Å². The second-order valence-electron chi connectivity index (χ2n) is 4.02. The quantitative estimate of drug-likeness (QED) is 0.732. The third-order valence-corrected chi connectivity index (χ3v) is 3.27. The van der Waals surface area contributed by atoms with Crippen molar-refractivity contribution in [3.63, 3.8) is 0 Å². The fraction of sp³-hybridized carbons (Fsp3) is 0.889. The van der Waals surface area contributed by atoms with E-state index in [-0.39, 0.29) is 18.5 Å². The van der Waals surface area contributed by atoms with E-state index >= 15 is 0 Å². The van der Waals surface area contributed by atoms with Gasteiger partial charge >= 0.3 is 0 Å². The van der Waals surface area contributed by atoms with Crippen molar-refractivity contribution in [2.45, 2.75) is 37.1 Å². The summed E-state index contributed by atoms with van der Waals surface area (Å²) < 4.78 is 0. The van der Waals surface area contributed by atoms with Gasteiger partial charge in [-0.1, -0.05) is 6.42 Å². The number of halogens is 2. The highest BCUT2D eigenvalue weighted by Crippen LogP contribution is 2.36. The number of carbonyl (C=O) groups is 1. The van der Waals surface area contributed by atoms with Gasteiger partial charge in [0.1, 0.15) is 4.84 Å². The normalized spacial score (nSPS) is 32.2. The van der Waals surface area contributed by atoms with Crippen LogP contribution in [0.2, 0.25) is 0 Å². The molecule has 1 saturated carbocycles. The molecular weight excluding hydrogens is 223 g/mol. The van der Waals surface area contributed by atoms with Crippen molar-refractivity contribution in [3.05, 3.63) is 0 Å². The molecule has 82 valence electrons. The molecule has 0 aliphatic heterocycles. The summed E-state index contributed by atoms with van der Waals surface area (Å²) in [6.07, 6.45) is 2.76. The van der Waals surface area contributed by atoms with Crippen molar-refractivity contribution in [3.8, 4) is 0 Å². The first kappa shape index (κ1) is 12.1. The number of hydrogen-bond donors (Lipinski definition) is 2. The molecule has 0 heterocycles. The van der Waals surface area contributed by atoms with Crippen LogP contribution in [0.5, 0.6) is 0 Å². The molecule has 14 heavy (non-hydrogen) atoms. The third kappa shape index (κ3) is 2.53. The van der Waals surface area contributed by atoms with E-state index in [1.165, 1.54) is 0 Å². The Morgan fingerprint density at radius 3 is 2.79 bits per heavy atom. The Balaban J connectivity index is 2.50. The first-order valence-electron chi connectivity index (χ1n) is 4.79. The van der Waals surface area contributed by atoms with Gasteiger partial charge in [0.2, 0.25) is 5.91 Å². The van der Waals surface area contributed by atoms with Crippen LogP contribution in [-0.4, -0.2) is 23.3 Å². The number of alkyl halides is 2. The zero-order chi connectivity index (χ0) is 10.8. The van der Waals surface area contributed by atoms with Crippen molar-refractivity contribution in [2.24, 2.45) is 11.1 Å². The maximum absolute atomic E-state index is 11.8. The topological polar surface area (TPSA) is 55.1 Å². The molecule has 1 aliphatic carbocycles. The number of rotatable bonds is 3. The lowest BCUT2D eigenvalue weighted by Crippen LogP contribution is -2.48. The molecule has 0 bridgehead atoms. The summed E-state index contributed by atoms with van der Waals surface area (Å²) in [5, 5.41) is 2.71. The maximum atomic E-state index is 11.8. The maximum Gasteiger partial charge on any atom is 0.227 e. The van der Waals surface area contributed by atoms with E-state index in [9.17, 15) is 4.79 Å². The van der Waals surface area contributed by atoms with Gasteiger partial charge in [0.25, 0.3) is 0 Å². The number of nitrogens with two attached hydrogens (primary N) is 1. The predicted molar refractivity (Wildman–Crippen MR) is 58.4 cm³/mol. The van der Waals surface area contributed by atoms with Gasteiger partial charge in [0, 0.05) is 12.6 Å². The van der Waals surface area contributed by atoms with Crippen molar-refractivity contribution < 1.29 is 4.79 Å². The van der Waals surface area contributed by atoms with E-state index < -0.39 is 10.3 Å². The van der Waals surface area contributed by atoms with Crippen molar-refractivity contribution in [1.29, 1.82) is 0 Å². The van der Waals surface area contributed by atoms with E-state index in [1.54, 1.807) is 0 Å². The summed E-state index contributed by atoms with van der Waals surface area (Å²) in [5.74, 6) is -0.0335. The summed E-state index contributed by atoms with van der Waals surface area (Å²) in [4.78, 5) is 11.2. The summed E-state index contributed by atoms with van der Waals surface area (Å²) >= 11 is 11.1. The molecule has 0 spiro atoms. The second-order valence-corrected chi connectivity index (χ2v) is 5.29. The fourth-order valence-electron chi connectivity index (χ4n) is 1.85. The van der Waals surface area contributed by atoms with Crippen LogP contribution in [0.4, 0.5) is 0 Å². The Morgan fingerprint density at radius 2 is 2.36 bits per heavy atom. The molecular formula is C9H16Cl2N2O. The Hall–Kier alpha value is 0.01000. The van der Waals surface area contributed by atoms with Gasteiger partial charge in [0.15, 0.2) is 0 Å². The smallest absolute Gasteiger partial charge is 0.227 e. The Bertz CT molecular complexity index is 223. The molecule has 2 atom stereocenters. The van der Waals surface area contributed by atoms with Crippen LogP contribution in [0.25, 0.3) is 0 Å². The third-order valence-electron chi connectivity index (χ3n) is 2.97. The fourth-order valence-corrected chi connectivity index (χ4v) is 2.00. The second kappa shape index (κ2) is 4.69. The number of carbonyl (C=O) groups excluding carboxylic acids is 1. The standard InChI is InChI=1S/C9H16Cl2N2O/c1-9(4-2-3-6(9)12)8(14)13-5-7(10)11/h6-7H,2-5,12H2,1H3,(H,13,14). The molecule has 1 fully saturated rings. The highest BCUT2D eigenvalue weighted by Gasteiger charge is 2.42. The van der Waals surface area contributed by atoms with Crippen molar-refractivity contribution >= 4 is 29.1 Å². The minimum absolute atomic E-state index is 0.0335. The number of hydrogen-bond acceptors (Lipinski definition) is 2. The minimum atomic E-state index is -0.555. The van der Waals surface area contributed by atoms with Gasteiger partial charge in [-0.3, -0.25) is 4.79 Å². The average Bonchev–Trinajstić information content (AvgIpc) is 2.44. The molecule has 1 aliphatic rings. The minimum Gasteiger partial charge on any atom is -0.353 e. The van der Waals surface area contributed by atoms with Crippen LogP contribution in [0.15, 0.2) is 0 Å². The molecule has 0 saturated heterocycles. The summed E-state index contributed by atoms with van der Waals surface area (Å²) in [6.45, 7) is 2.18. The first-order valence-corrected chi connectivity index (χ1v) is 5.66. The Labute approximate surface area is 94.3 Å². The molecule has 1 rings (SSSR count). The van der Waals surface area contributed by atoms with Crippen LogP contribution in [0, 0.1) is 5.41 Å². The Kier molecular flexibility index (Phi) is 4.04. The van der Waals surface area contributed by atoms with Gasteiger partial charge in [-0.2, -0.15) is 0 Å². The van der Waals surface area contributed by atoms with Gasteiger partial charge in [0.05, 0.1) is 5.41 Å². The lowest BCUT2D eigenvalue weighted by molar-refractivity contribution is -0.130. The van der Waals surface area contributed by atoms with E-state index in [2.05, 4.69) is 5.32 Å². The molecule has 0 aromatic heterocycles. The molecule has 0 aromatic rings. The molecule has 2 unspecified atom stereocenters. The van der Waals surface area contributed by atoms with E-state index in [1.807, 2.05) is 6.92 Å². The highest BCUT2D eigenvalue weighted by molar-refractivity contribution is 6.44. The van der Waals surface area contributed by atoms with Crippen LogP contribution >= 0.6 is 23.2 Å². The van der Waals surface area contributed by atoms with Crippen LogP contribution in [0.1, 0.15) is 26.2 Å². The van der Waals surface area contributed by atoms with E-state index in [0.717, 1.165) is 19.3 Å². The van der Waals surface area contributed by atoms with Crippen LogP contribution in [0.3, 0.4) is 0 Å². The zero-order valence-electron chi connectivity index (χ0n) is 8.22.